The van der Waals surface area contributed by atoms with E-state index in [9.17, 15) is 18.0 Å². The van der Waals surface area contributed by atoms with Gasteiger partial charge in [-0.15, -0.1) is 0 Å². The number of hydrogen-bond donors (Lipinski definition) is 1. The van der Waals surface area contributed by atoms with Gasteiger partial charge < -0.3 is 19.4 Å². The molecular formula is C30H27NO7S. The molecule has 9 heteroatoms. The molecule has 0 radical (unpaired) electrons. The topological polar surface area (TPSA) is 122 Å². The van der Waals surface area contributed by atoms with Crippen molar-refractivity contribution >= 4 is 22.1 Å². The van der Waals surface area contributed by atoms with Crippen LogP contribution in [0.4, 0.5) is 0 Å². The summed E-state index contributed by atoms with van der Waals surface area (Å²) in [4.78, 5) is 26.1. The highest BCUT2D eigenvalue weighted by Crippen LogP contribution is 2.26. The van der Waals surface area contributed by atoms with E-state index in [0.717, 1.165) is 11.1 Å². The van der Waals surface area contributed by atoms with E-state index in [2.05, 4.69) is 0 Å². The zero-order chi connectivity index (χ0) is 27.7. The minimum atomic E-state index is -4.06. The fraction of sp³-hybridized carbons (Fsp3) is 0.133. The largest absolute Gasteiger partial charge is 0.460 e. The van der Waals surface area contributed by atoms with Gasteiger partial charge in [-0.3, -0.25) is 9.59 Å². The number of nitrogens with two attached hydrogens (primary N) is 1. The highest BCUT2D eigenvalue weighted by Gasteiger charge is 2.35. The third kappa shape index (κ3) is 7.53. The maximum Gasteiger partial charge on any atom is 0.339 e. The van der Waals surface area contributed by atoms with E-state index in [4.69, 9.17) is 19.4 Å². The van der Waals surface area contributed by atoms with Crippen molar-refractivity contribution in [3.63, 3.8) is 0 Å². The summed E-state index contributed by atoms with van der Waals surface area (Å²) in [6.45, 7) is -0.0260. The molecule has 0 spiro atoms. The zero-order valence-electron chi connectivity index (χ0n) is 20.9. The van der Waals surface area contributed by atoms with E-state index < -0.39 is 34.0 Å². The minimum Gasteiger partial charge on any atom is -0.460 e. The molecule has 0 aromatic heterocycles. The van der Waals surface area contributed by atoms with E-state index >= 15 is 0 Å². The Balaban J connectivity index is 1.52. The average molecular weight is 546 g/mol. The number of esters is 2. The van der Waals surface area contributed by atoms with Crippen LogP contribution in [0.5, 0.6) is 5.75 Å². The first kappa shape index (κ1) is 27.6. The number of carbonyl (C=O) groups is 2. The van der Waals surface area contributed by atoms with E-state index in [1.54, 1.807) is 42.5 Å². The van der Waals surface area contributed by atoms with Crippen molar-refractivity contribution in [1.82, 2.24) is 0 Å². The Labute approximate surface area is 227 Å². The molecule has 0 saturated carbocycles. The first-order valence-electron chi connectivity index (χ1n) is 12.1. The zero-order valence-corrected chi connectivity index (χ0v) is 21.7. The van der Waals surface area contributed by atoms with E-state index in [1.807, 2.05) is 36.4 Å². The molecule has 0 saturated heterocycles. The number of carbonyl (C=O) groups excluding carboxylic acids is 2. The van der Waals surface area contributed by atoms with Crippen molar-refractivity contribution in [1.29, 1.82) is 0 Å². The van der Waals surface area contributed by atoms with Crippen LogP contribution in [0.1, 0.15) is 22.6 Å². The Morgan fingerprint density at radius 1 is 0.641 bits per heavy atom. The maximum absolute atomic E-state index is 13.2. The maximum atomic E-state index is 13.2. The van der Waals surface area contributed by atoms with Crippen LogP contribution in [0, 0.1) is 0 Å². The lowest BCUT2D eigenvalue weighted by atomic mass is 9.92. The number of benzene rings is 4. The Morgan fingerprint density at radius 2 is 1.10 bits per heavy atom. The van der Waals surface area contributed by atoms with Gasteiger partial charge in [0.05, 0.1) is 0 Å². The Bertz CT molecular complexity index is 1480. The Morgan fingerprint density at radius 3 is 1.62 bits per heavy atom. The SMILES string of the molecule is NC(C(=O)OCc1ccccc1)C(C(=O)OCc1ccccc1)c1ccc(OS(=O)(=O)c2ccccc2)cc1. The summed E-state index contributed by atoms with van der Waals surface area (Å²) in [6.07, 6.45) is 0. The fourth-order valence-corrected chi connectivity index (χ4v) is 4.71. The van der Waals surface area contributed by atoms with Crippen LogP contribution >= 0.6 is 0 Å². The van der Waals surface area contributed by atoms with Gasteiger partial charge in [0.25, 0.3) is 0 Å². The van der Waals surface area contributed by atoms with Gasteiger partial charge in [0.15, 0.2) is 0 Å². The molecule has 0 fully saturated rings. The number of hydrogen-bond acceptors (Lipinski definition) is 8. The molecule has 39 heavy (non-hydrogen) atoms. The molecule has 0 bridgehead atoms. The molecule has 2 N–H and O–H groups in total. The number of rotatable bonds is 11. The van der Waals surface area contributed by atoms with Crippen molar-refractivity contribution in [2.75, 3.05) is 0 Å². The normalized spacial score (nSPS) is 12.6. The lowest BCUT2D eigenvalue weighted by Gasteiger charge is -2.22. The van der Waals surface area contributed by atoms with Gasteiger partial charge in [-0.05, 0) is 41.0 Å². The molecule has 200 valence electrons. The van der Waals surface area contributed by atoms with Crippen LogP contribution in [0.15, 0.2) is 120 Å². The summed E-state index contributed by atoms with van der Waals surface area (Å²) in [5, 5.41) is 0. The van der Waals surface area contributed by atoms with Crippen LogP contribution in [0.2, 0.25) is 0 Å². The minimum absolute atomic E-state index is 0.000346. The van der Waals surface area contributed by atoms with E-state index in [1.165, 1.54) is 36.4 Å². The van der Waals surface area contributed by atoms with Gasteiger partial charge in [-0.2, -0.15) is 8.42 Å². The van der Waals surface area contributed by atoms with Crippen molar-refractivity contribution < 1.29 is 31.7 Å². The van der Waals surface area contributed by atoms with Crippen LogP contribution in [0.25, 0.3) is 0 Å². The molecule has 0 aliphatic rings. The average Bonchev–Trinajstić information content (AvgIpc) is 2.97. The predicted molar refractivity (Wildman–Crippen MR) is 144 cm³/mol. The van der Waals surface area contributed by atoms with E-state index in [0.29, 0.717) is 5.56 Å². The lowest BCUT2D eigenvalue weighted by Crippen LogP contribution is -2.42. The highest BCUT2D eigenvalue weighted by molar-refractivity contribution is 7.87. The first-order valence-corrected chi connectivity index (χ1v) is 13.5. The molecule has 0 amide bonds. The quantitative estimate of drug-likeness (QED) is 0.218. The standard InChI is InChI=1S/C30H27NO7S/c31-28(30(33)37-21-23-12-6-2-7-13-23)27(29(32)36-20-22-10-4-1-5-11-22)24-16-18-25(19-17-24)38-39(34,35)26-14-8-3-9-15-26/h1-19,27-28H,20-21,31H2. The summed E-state index contributed by atoms with van der Waals surface area (Å²) < 4.78 is 41.2. The highest BCUT2D eigenvalue weighted by atomic mass is 32.2. The van der Waals surface area contributed by atoms with Crippen molar-refractivity contribution in [3.8, 4) is 5.75 Å². The predicted octanol–water partition coefficient (Wildman–Crippen LogP) is 4.35. The summed E-state index contributed by atoms with van der Waals surface area (Å²) in [5.74, 6) is -2.70. The molecule has 2 unspecified atom stereocenters. The smallest absolute Gasteiger partial charge is 0.339 e. The molecule has 4 aromatic carbocycles. The molecule has 0 aliphatic carbocycles. The Hall–Kier alpha value is -4.47. The number of ether oxygens (including phenoxy) is 2. The molecule has 4 rings (SSSR count). The lowest BCUT2D eigenvalue weighted by molar-refractivity contribution is -0.155. The summed E-state index contributed by atoms with van der Waals surface area (Å²) >= 11 is 0. The fourth-order valence-electron chi connectivity index (χ4n) is 3.76. The van der Waals surface area contributed by atoms with Crippen LogP contribution < -0.4 is 9.92 Å². The second-order valence-corrected chi connectivity index (χ2v) is 10.2. The van der Waals surface area contributed by atoms with Gasteiger partial charge in [0.1, 0.15) is 35.8 Å². The molecular weight excluding hydrogens is 518 g/mol. The third-order valence-electron chi connectivity index (χ3n) is 5.81. The summed E-state index contributed by atoms with van der Waals surface area (Å²) in [5.41, 5.74) is 8.11. The van der Waals surface area contributed by atoms with Gasteiger partial charge in [0, 0.05) is 0 Å². The van der Waals surface area contributed by atoms with Gasteiger partial charge in [-0.25, -0.2) is 0 Å². The molecule has 0 heterocycles. The summed E-state index contributed by atoms with van der Waals surface area (Å²) in [7, 11) is -4.06. The van der Waals surface area contributed by atoms with Gasteiger partial charge in [-0.1, -0.05) is 91.0 Å². The molecule has 0 aliphatic heterocycles. The monoisotopic (exact) mass is 545 g/mol. The van der Waals surface area contributed by atoms with Crippen LogP contribution in [-0.4, -0.2) is 26.4 Å². The first-order chi connectivity index (χ1) is 18.8. The van der Waals surface area contributed by atoms with Gasteiger partial charge in [0.2, 0.25) is 0 Å². The van der Waals surface area contributed by atoms with Crippen molar-refractivity contribution in [2.24, 2.45) is 5.73 Å². The second-order valence-electron chi connectivity index (χ2n) is 8.61. The third-order valence-corrected chi connectivity index (χ3v) is 7.07. The van der Waals surface area contributed by atoms with Crippen LogP contribution in [-0.2, 0) is 42.4 Å². The van der Waals surface area contributed by atoms with Gasteiger partial charge >= 0.3 is 22.1 Å². The van der Waals surface area contributed by atoms with Crippen LogP contribution in [0.3, 0.4) is 0 Å². The second kappa shape index (κ2) is 12.9. The molecule has 4 aromatic rings. The molecule has 2 atom stereocenters. The van der Waals surface area contributed by atoms with Crippen molar-refractivity contribution in [2.45, 2.75) is 30.1 Å². The Kier molecular flexibility index (Phi) is 9.09. The van der Waals surface area contributed by atoms with E-state index in [-0.39, 0.29) is 23.9 Å². The summed E-state index contributed by atoms with van der Waals surface area (Å²) in [6, 6.07) is 30.2. The van der Waals surface area contributed by atoms with Crippen molar-refractivity contribution in [3.05, 3.63) is 132 Å². The molecule has 8 nitrogen and oxygen atoms in total.